The number of rotatable bonds is 2. The van der Waals surface area contributed by atoms with E-state index < -0.39 is 17.3 Å². The highest BCUT2D eigenvalue weighted by atomic mass is 79.9. The summed E-state index contributed by atoms with van der Waals surface area (Å²) < 4.78 is 20.5. The number of halogens is 2. The standard InChI is InChI=1S/C20H17BrFNO3/c1-12(14-7-6-13(21)10-17(14)22)18(24)23-9-8-20(11-23)16-5-3-2-4-15(16)19(25)26-20/h2-7,10,12H,8-9,11H2,1H3. The van der Waals surface area contributed by atoms with Crippen molar-refractivity contribution in [2.24, 2.45) is 0 Å². The van der Waals surface area contributed by atoms with Crippen LogP contribution in [0, 0.1) is 5.82 Å². The number of amides is 1. The van der Waals surface area contributed by atoms with Crippen molar-refractivity contribution in [1.82, 2.24) is 4.90 Å². The van der Waals surface area contributed by atoms with Gasteiger partial charge < -0.3 is 9.64 Å². The fourth-order valence-corrected chi connectivity index (χ4v) is 4.21. The predicted molar refractivity (Wildman–Crippen MR) is 97.2 cm³/mol. The molecule has 0 aromatic heterocycles. The molecule has 2 aliphatic rings. The van der Waals surface area contributed by atoms with E-state index in [1.54, 1.807) is 36.1 Å². The maximum atomic E-state index is 14.2. The monoisotopic (exact) mass is 417 g/mol. The third kappa shape index (κ3) is 2.63. The van der Waals surface area contributed by atoms with Crippen LogP contribution in [0.25, 0.3) is 0 Å². The van der Waals surface area contributed by atoms with Crippen LogP contribution < -0.4 is 0 Å². The lowest BCUT2D eigenvalue weighted by Crippen LogP contribution is -2.36. The number of esters is 1. The van der Waals surface area contributed by atoms with Gasteiger partial charge in [-0.25, -0.2) is 9.18 Å². The normalized spacial score (nSPS) is 22.4. The number of benzene rings is 2. The molecule has 6 heteroatoms. The zero-order valence-corrected chi connectivity index (χ0v) is 15.8. The first-order valence-electron chi connectivity index (χ1n) is 8.48. The average Bonchev–Trinajstić information content (AvgIpc) is 3.17. The molecule has 4 nitrogen and oxygen atoms in total. The quantitative estimate of drug-likeness (QED) is 0.693. The molecule has 0 saturated carbocycles. The largest absolute Gasteiger partial charge is 0.449 e. The minimum Gasteiger partial charge on any atom is -0.449 e. The zero-order valence-electron chi connectivity index (χ0n) is 14.2. The van der Waals surface area contributed by atoms with Crippen LogP contribution in [0.15, 0.2) is 46.9 Å². The number of nitrogens with zero attached hydrogens (tertiary/aromatic N) is 1. The number of hydrogen-bond acceptors (Lipinski definition) is 3. The Balaban J connectivity index is 1.58. The Morgan fingerprint density at radius 3 is 2.85 bits per heavy atom. The Kier molecular flexibility index (Phi) is 4.10. The molecule has 2 unspecified atom stereocenters. The number of fused-ring (bicyclic) bond motifs is 2. The molecule has 1 spiro atoms. The van der Waals surface area contributed by atoms with Gasteiger partial charge in [-0.3, -0.25) is 4.79 Å². The van der Waals surface area contributed by atoms with E-state index in [4.69, 9.17) is 4.74 Å². The Labute approximate surface area is 159 Å². The van der Waals surface area contributed by atoms with Crippen molar-refractivity contribution < 1.29 is 18.7 Å². The van der Waals surface area contributed by atoms with Gasteiger partial charge in [0.1, 0.15) is 5.82 Å². The molecule has 0 radical (unpaired) electrons. The number of likely N-dealkylation sites (tertiary alicyclic amines) is 1. The maximum absolute atomic E-state index is 14.2. The van der Waals surface area contributed by atoms with Crippen LogP contribution in [0.2, 0.25) is 0 Å². The van der Waals surface area contributed by atoms with E-state index in [-0.39, 0.29) is 11.9 Å². The molecule has 0 N–H and O–H groups in total. The van der Waals surface area contributed by atoms with Crippen LogP contribution in [0.5, 0.6) is 0 Å². The van der Waals surface area contributed by atoms with Crippen LogP contribution in [-0.2, 0) is 15.1 Å². The highest BCUT2D eigenvalue weighted by Crippen LogP contribution is 2.43. The molecule has 2 aliphatic heterocycles. The van der Waals surface area contributed by atoms with Crippen LogP contribution in [-0.4, -0.2) is 29.9 Å². The first-order valence-corrected chi connectivity index (χ1v) is 9.27. The molecule has 2 aromatic carbocycles. The van der Waals surface area contributed by atoms with E-state index in [0.717, 1.165) is 5.56 Å². The molecular weight excluding hydrogens is 401 g/mol. The topological polar surface area (TPSA) is 46.6 Å². The van der Waals surface area contributed by atoms with E-state index >= 15 is 0 Å². The number of hydrogen-bond donors (Lipinski definition) is 0. The van der Waals surface area contributed by atoms with Gasteiger partial charge in [0, 0.05) is 28.6 Å². The Morgan fingerprint density at radius 2 is 2.08 bits per heavy atom. The fraction of sp³-hybridized carbons (Fsp3) is 0.300. The molecule has 1 saturated heterocycles. The van der Waals surface area contributed by atoms with Crippen molar-refractivity contribution in [3.05, 3.63) is 69.4 Å². The van der Waals surface area contributed by atoms with Crippen LogP contribution in [0.1, 0.15) is 40.7 Å². The lowest BCUT2D eigenvalue weighted by molar-refractivity contribution is -0.132. The van der Waals surface area contributed by atoms with Gasteiger partial charge in [0.05, 0.1) is 18.0 Å². The third-order valence-corrected chi connectivity index (χ3v) is 5.76. The van der Waals surface area contributed by atoms with E-state index in [1.807, 2.05) is 12.1 Å². The summed E-state index contributed by atoms with van der Waals surface area (Å²) in [5, 5.41) is 0. The summed E-state index contributed by atoms with van der Waals surface area (Å²) in [6.07, 6.45) is 0.553. The van der Waals surface area contributed by atoms with Gasteiger partial charge in [-0.1, -0.05) is 40.2 Å². The van der Waals surface area contributed by atoms with Gasteiger partial charge in [0.2, 0.25) is 5.91 Å². The lowest BCUT2D eigenvalue weighted by Gasteiger charge is -2.25. The molecule has 2 atom stereocenters. The molecule has 2 aromatic rings. The second-order valence-electron chi connectivity index (χ2n) is 6.83. The lowest BCUT2D eigenvalue weighted by atomic mass is 9.91. The molecule has 1 amide bonds. The Morgan fingerprint density at radius 1 is 1.31 bits per heavy atom. The van der Waals surface area contributed by atoms with Gasteiger partial charge >= 0.3 is 5.97 Å². The van der Waals surface area contributed by atoms with Crippen LogP contribution >= 0.6 is 15.9 Å². The molecule has 2 heterocycles. The summed E-state index contributed by atoms with van der Waals surface area (Å²) in [4.78, 5) is 26.7. The molecule has 0 aliphatic carbocycles. The minimum absolute atomic E-state index is 0.163. The predicted octanol–water partition coefficient (Wildman–Crippen LogP) is 3.99. The second-order valence-corrected chi connectivity index (χ2v) is 7.74. The molecule has 0 bridgehead atoms. The smallest absolute Gasteiger partial charge is 0.339 e. The molecular formula is C20H17BrFNO3. The van der Waals surface area contributed by atoms with E-state index in [1.165, 1.54) is 6.07 Å². The van der Waals surface area contributed by atoms with Crippen molar-refractivity contribution >= 4 is 27.8 Å². The highest BCUT2D eigenvalue weighted by molar-refractivity contribution is 9.10. The number of carbonyl (C=O) groups excluding carboxylic acids is 2. The second kappa shape index (κ2) is 6.20. The first-order chi connectivity index (χ1) is 12.4. The summed E-state index contributed by atoms with van der Waals surface area (Å²) in [5.74, 6) is -1.53. The fourth-order valence-electron chi connectivity index (χ4n) is 3.88. The average molecular weight is 418 g/mol. The minimum atomic E-state index is -0.776. The third-order valence-electron chi connectivity index (χ3n) is 5.27. The summed E-state index contributed by atoms with van der Waals surface area (Å²) in [5.41, 5.74) is 0.987. The summed E-state index contributed by atoms with van der Waals surface area (Å²) in [7, 11) is 0. The SMILES string of the molecule is CC(C(=O)N1CCC2(C1)OC(=O)c1ccccc12)c1ccc(Br)cc1F. The summed E-state index contributed by atoms with van der Waals surface area (Å²) in [6.45, 7) is 2.48. The number of ether oxygens (including phenoxy) is 1. The van der Waals surface area contributed by atoms with Gasteiger partial charge in [-0.2, -0.15) is 0 Å². The van der Waals surface area contributed by atoms with Crippen LogP contribution in [0.3, 0.4) is 0 Å². The van der Waals surface area contributed by atoms with Gasteiger partial charge in [0.15, 0.2) is 5.60 Å². The summed E-state index contributed by atoms with van der Waals surface area (Å²) >= 11 is 3.23. The van der Waals surface area contributed by atoms with E-state index in [0.29, 0.717) is 35.1 Å². The van der Waals surface area contributed by atoms with Crippen molar-refractivity contribution in [2.45, 2.75) is 24.9 Å². The van der Waals surface area contributed by atoms with E-state index in [2.05, 4.69) is 15.9 Å². The van der Waals surface area contributed by atoms with Gasteiger partial charge in [-0.05, 0) is 25.1 Å². The van der Waals surface area contributed by atoms with E-state index in [9.17, 15) is 14.0 Å². The maximum Gasteiger partial charge on any atom is 0.339 e. The van der Waals surface area contributed by atoms with Crippen molar-refractivity contribution in [2.75, 3.05) is 13.1 Å². The highest BCUT2D eigenvalue weighted by Gasteiger charge is 2.51. The van der Waals surface area contributed by atoms with Gasteiger partial charge in [-0.15, -0.1) is 0 Å². The van der Waals surface area contributed by atoms with Gasteiger partial charge in [0.25, 0.3) is 0 Å². The molecule has 4 rings (SSSR count). The Bertz CT molecular complexity index is 916. The Hall–Kier alpha value is -2.21. The first kappa shape index (κ1) is 17.2. The van der Waals surface area contributed by atoms with Crippen molar-refractivity contribution in [3.63, 3.8) is 0 Å². The van der Waals surface area contributed by atoms with Crippen molar-refractivity contribution in [1.29, 1.82) is 0 Å². The molecule has 134 valence electrons. The summed E-state index contributed by atoms with van der Waals surface area (Å²) in [6, 6.07) is 12.0. The van der Waals surface area contributed by atoms with Crippen LogP contribution in [0.4, 0.5) is 4.39 Å². The molecule has 26 heavy (non-hydrogen) atoms. The number of carbonyl (C=O) groups is 2. The molecule has 1 fully saturated rings. The van der Waals surface area contributed by atoms with Crippen molar-refractivity contribution in [3.8, 4) is 0 Å². The zero-order chi connectivity index (χ0) is 18.5.